The monoisotopic (exact) mass is 250 g/mol. The smallest absolute Gasteiger partial charge is 0.234 e. The zero-order valence-corrected chi connectivity index (χ0v) is 10.9. The molecular weight excluding hydrogens is 231 g/mol. The van der Waals surface area contributed by atoms with E-state index < -0.39 is 0 Å². The van der Waals surface area contributed by atoms with E-state index in [0.717, 1.165) is 24.9 Å². The van der Waals surface area contributed by atoms with Gasteiger partial charge in [-0.2, -0.15) is 0 Å². The van der Waals surface area contributed by atoms with Crippen LogP contribution in [0.4, 0.5) is 10.1 Å². The van der Waals surface area contributed by atoms with Crippen molar-refractivity contribution in [1.29, 1.82) is 0 Å². The number of carbonyl (C=O) groups excluding carboxylic acids is 1. The van der Waals surface area contributed by atoms with Gasteiger partial charge in [-0.1, -0.05) is 6.42 Å². The van der Waals surface area contributed by atoms with Gasteiger partial charge in [-0.3, -0.25) is 4.79 Å². The van der Waals surface area contributed by atoms with Crippen LogP contribution in [0.5, 0.6) is 0 Å². The fraction of sp³-hybridized carbons (Fsp3) is 0.500. The first kappa shape index (κ1) is 13.0. The standard InChI is InChI=1S/C14H19FN2O/c1-16-10-14(8-3-9-14)13(18)17(2)12-6-4-11(15)5-7-12/h4-7,16H,3,8-10H2,1-2H3. The van der Waals surface area contributed by atoms with E-state index >= 15 is 0 Å². The van der Waals surface area contributed by atoms with Crippen LogP contribution in [0.1, 0.15) is 19.3 Å². The topological polar surface area (TPSA) is 32.3 Å². The summed E-state index contributed by atoms with van der Waals surface area (Å²) in [5.41, 5.74) is 0.474. The molecule has 1 aliphatic carbocycles. The van der Waals surface area contributed by atoms with E-state index in [4.69, 9.17) is 0 Å². The molecule has 1 amide bonds. The van der Waals surface area contributed by atoms with Crippen LogP contribution >= 0.6 is 0 Å². The van der Waals surface area contributed by atoms with E-state index in [0.29, 0.717) is 6.54 Å². The lowest BCUT2D eigenvalue weighted by atomic mass is 9.67. The zero-order chi connectivity index (χ0) is 13.2. The van der Waals surface area contributed by atoms with Gasteiger partial charge in [-0.05, 0) is 44.2 Å². The Morgan fingerprint density at radius 1 is 1.39 bits per heavy atom. The molecule has 2 rings (SSSR count). The molecule has 0 saturated heterocycles. The molecule has 1 aromatic carbocycles. The number of rotatable bonds is 4. The predicted octanol–water partition coefficient (Wildman–Crippen LogP) is 2.18. The lowest BCUT2D eigenvalue weighted by Crippen LogP contribution is -2.51. The molecule has 1 saturated carbocycles. The fourth-order valence-corrected chi connectivity index (χ4v) is 2.55. The van der Waals surface area contributed by atoms with Gasteiger partial charge in [0.15, 0.2) is 0 Å². The maximum Gasteiger partial charge on any atom is 0.234 e. The summed E-state index contributed by atoms with van der Waals surface area (Å²) in [4.78, 5) is 14.1. The minimum atomic E-state index is -0.284. The van der Waals surface area contributed by atoms with Crippen LogP contribution < -0.4 is 10.2 Å². The van der Waals surface area contributed by atoms with Gasteiger partial charge in [-0.25, -0.2) is 4.39 Å². The van der Waals surface area contributed by atoms with Crippen molar-refractivity contribution in [3.8, 4) is 0 Å². The Morgan fingerprint density at radius 2 is 2.00 bits per heavy atom. The minimum Gasteiger partial charge on any atom is -0.319 e. The van der Waals surface area contributed by atoms with Gasteiger partial charge in [0, 0.05) is 19.3 Å². The summed E-state index contributed by atoms with van der Waals surface area (Å²) in [7, 11) is 3.62. The molecule has 3 nitrogen and oxygen atoms in total. The number of hydrogen-bond acceptors (Lipinski definition) is 2. The molecule has 98 valence electrons. The quantitative estimate of drug-likeness (QED) is 0.888. The van der Waals surface area contributed by atoms with Crippen molar-refractivity contribution in [3.63, 3.8) is 0 Å². The molecule has 0 bridgehead atoms. The van der Waals surface area contributed by atoms with Gasteiger partial charge in [0.1, 0.15) is 5.82 Å². The highest BCUT2D eigenvalue weighted by Gasteiger charge is 2.45. The molecule has 1 aromatic rings. The van der Waals surface area contributed by atoms with Crippen molar-refractivity contribution in [2.24, 2.45) is 5.41 Å². The van der Waals surface area contributed by atoms with Crippen molar-refractivity contribution in [1.82, 2.24) is 5.32 Å². The summed E-state index contributed by atoms with van der Waals surface area (Å²) in [6.07, 6.45) is 2.96. The lowest BCUT2D eigenvalue weighted by molar-refractivity contribution is -0.132. The number of amides is 1. The van der Waals surface area contributed by atoms with Crippen LogP contribution in [-0.2, 0) is 4.79 Å². The Labute approximate surface area is 107 Å². The largest absolute Gasteiger partial charge is 0.319 e. The third kappa shape index (κ3) is 2.25. The Hall–Kier alpha value is -1.42. The van der Waals surface area contributed by atoms with Gasteiger partial charge in [0.05, 0.1) is 5.41 Å². The maximum atomic E-state index is 12.9. The van der Waals surface area contributed by atoms with Crippen molar-refractivity contribution in [3.05, 3.63) is 30.1 Å². The maximum absolute atomic E-state index is 12.9. The number of anilines is 1. The van der Waals surface area contributed by atoms with Crippen LogP contribution in [0.25, 0.3) is 0 Å². The molecule has 1 N–H and O–H groups in total. The molecule has 0 atom stereocenters. The second-order valence-corrected chi connectivity index (χ2v) is 5.00. The normalized spacial score (nSPS) is 17.1. The molecule has 0 heterocycles. The molecule has 0 aliphatic heterocycles. The molecular formula is C14H19FN2O. The summed E-state index contributed by atoms with van der Waals surface area (Å²) >= 11 is 0. The molecule has 0 spiro atoms. The number of hydrogen-bond donors (Lipinski definition) is 1. The van der Waals surface area contributed by atoms with E-state index in [9.17, 15) is 9.18 Å². The van der Waals surface area contributed by atoms with Gasteiger partial charge in [0.25, 0.3) is 0 Å². The van der Waals surface area contributed by atoms with Crippen LogP contribution in [0.15, 0.2) is 24.3 Å². The third-order valence-corrected chi connectivity index (χ3v) is 3.80. The third-order valence-electron chi connectivity index (χ3n) is 3.80. The number of nitrogens with one attached hydrogen (secondary N) is 1. The second-order valence-electron chi connectivity index (χ2n) is 5.00. The highest BCUT2D eigenvalue weighted by Crippen LogP contribution is 2.42. The summed E-state index contributed by atoms with van der Waals surface area (Å²) in [5.74, 6) is -0.164. The summed E-state index contributed by atoms with van der Waals surface area (Å²) in [6, 6.07) is 6.03. The molecule has 4 heteroatoms. The number of carbonyl (C=O) groups is 1. The van der Waals surface area contributed by atoms with Crippen LogP contribution in [-0.4, -0.2) is 26.5 Å². The highest BCUT2D eigenvalue weighted by molar-refractivity contribution is 5.97. The van der Waals surface area contributed by atoms with Crippen LogP contribution in [0.2, 0.25) is 0 Å². The van der Waals surface area contributed by atoms with E-state index in [2.05, 4.69) is 5.32 Å². The Bertz CT molecular complexity index is 426. The molecule has 0 unspecified atom stereocenters. The Kier molecular flexibility index (Phi) is 3.66. The van der Waals surface area contributed by atoms with Crippen molar-refractivity contribution in [2.75, 3.05) is 25.5 Å². The van der Waals surface area contributed by atoms with Crippen molar-refractivity contribution in [2.45, 2.75) is 19.3 Å². The van der Waals surface area contributed by atoms with Crippen molar-refractivity contribution >= 4 is 11.6 Å². The first-order valence-electron chi connectivity index (χ1n) is 6.27. The van der Waals surface area contributed by atoms with E-state index in [1.165, 1.54) is 12.1 Å². The van der Waals surface area contributed by atoms with Crippen molar-refractivity contribution < 1.29 is 9.18 Å². The predicted molar refractivity (Wildman–Crippen MR) is 70.0 cm³/mol. The van der Waals surface area contributed by atoms with E-state index in [1.807, 2.05) is 7.05 Å². The van der Waals surface area contributed by atoms with Gasteiger partial charge >= 0.3 is 0 Å². The van der Waals surface area contributed by atoms with Crippen LogP contribution in [0.3, 0.4) is 0 Å². The van der Waals surface area contributed by atoms with Gasteiger partial charge in [-0.15, -0.1) is 0 Å². The molecule has 1 aliphatic rings. The van der Waals surface area contributed by atoms with E-state index in [-0.39, 0.29) is 17.1 Å². The second kappa shape index (κ2) is 5.06. The van der Waals surface area contributed by atoms with Crippen LogP contribution in [0, 0.1) is 11.2 Å². The first-order chi connectivity index (χ1) is 8.59. The first-order valence-corrected chi connectivity index (χ1v) is 6.27. The Morgan fingerprint density at radius 3 is 2.44 bits per heavy atom. The average molecular weight is 250 g/mol. The molecule has 0 aromatic heterocycles. The van der Waals surface area contributed by atoms with Gasteiger partial charge in [0.2, 0.25) is 5.91 Å². The summed E-state index contributed by atoms with van der Waals surface area (Å²) in [6.45, 7) is 0.706. The molecule has 0 radical (unpaired) electrons. The Balaban J connectivity index is 2.15. The molecule has 18 heavy (non-hydrogen) atoms. The summed E-state index contributed by atoms with van der Waals surface area (Å²) < 4.78 is 12.9. The summed E-state index contributed by atoms with van der Waals surface area (Å²) in [5, 5.41) is 3.10. The average Bonchev–Trinajstić information content (AvgIpc) is 2.33. The highest BCUT2D eigenvalue weighted by atomic mass is 19.1. The molecule has 1 fully saturated rings. The van der Waals surface area contributed by atoms with E-state index in [1.54, 1.807) is 24.1 Å². The number of nitrogens with zero attached hydrogens (tertiary/aromatic N) is 1. The van der Waals surface area contributed by atoms with Gasteiger partial charge < -0.3 is 10.2 Å². The number of benzene rings is 1. The lowest BCUT2D eigenvalue weighted by Gasteiger charge is -2.42. The SMILES string of the molecule is CNCC1(C(=O)N(C)c2ccc(F)cc2)CCC1. The zero-order valence-electron chi connectivity index (χ0n) is 10.9. The fourth-order valence-electron chi connectivity index (χ4n) is 2.55. The number of halogens is 1. The minimum absolute atomic E-state index is 0.120.